The number of hydrogen-bond acceptors (Lipinski definition) is 6. The quantitative estimate of drug-likeness (QED) is 0.448. The molecule has 0 spiro atoms. The zero-order chi connectivity index (χ0) is 22.3. The van der Waals surface area contributed by atoms with Crippen molar-refractivity contribution in [2.45, 2.75) is 17.9 Å². The number of thiazole rings is 1. The van der Waals surface area contributed by atoms with Gasteiger partial charge in [-0.2, -0.15) is 0 Å². The van der Waals surface area contributed by atoms with Crippen LogP contribution in [0, 0.1) is 0 Å². The number of rotatable bonds is 8. The fourth-order valence-corrected chi connectivity index (χ4v) is 3.78. The lowest BCUT2D eigenvalue weighted by molar-refractivity contribution is -0.120. The molecule has 0 fully saturated rings. The van der Waals surface area contributed by atoms with Crippen molar-refractivity contribution in [3.63, 3.8) is 0 Å². The van der Waals surface area contributed by atoms with E-state index < -0.39 is 10.0 Å². The average molecular weight is 457 g/mol. The van der Waals surface area contributed by atoms with E-state index in [0.29, 0.717) is 10.8 Å². The van der Waals surface area contributed by atoms with Gasteiger partial charge in [0.05, 0.1) is 17.0 Å². The third-order valence-electron chi connectivity index (χ3n) is 4.09. The standard InChI is InChI=1S/C21H20N4O4S2/c22-31(28,29)18-9-6-16(7-10-18)13-23-20(27)12-17-14-30-21(24-17)25-19(26)11-8-15-4-2-1-3-5-15/h1-11,14H,12-13H2,(H,23,27)(H2,22,28,29)(H,24,25,26)/b11-8+. The molecule has 0 atom stereocenters. The van der Waals surface area contributed by atoms with Crippen LogP contribution in [-0.2, 0) is 32.6 Å². The van der Waals surface area contributed by atoms with Gasteiger partial charge in [-0.25, -0.2) is 18.5 Å². The molecule has 10 heteroatoms. The number of aromatic nitrogens is 1. The molecule has 3 aromatic rings. The fraction of sp³-hybridized carbons (Fsp3) is 0.0952. The minimum atomic E-state index is -3.74. The maximum atomic E-state index is 12.1. The molecule has 0 unspecified atom stereocenters. The van der Waals surface area contributed by atoms with Gasteiger partial charge in [-0.15, -0.1) is 11.3 Å². The highest BCUT2D eigenvalue weighted by atomic mass is 32.2. The summed E-state index contributed by atoms with van der Waals surface area (Å²) >= 11 is 1.23. The Morgan fingerprint density at radius 2 is 1.77 bits per heavy atom. The first-order valence-corrected chi connectivity index (χ1v) is 11.6. The van der Waals surface area contributed by atoms with Gasteiger partial charge in [0.2, 0.25) is 21.8 Å². The Kier molecular flexibility index (Phi) is 7.29. The highest BCUT2D eigenvalue weighted by Crippen LogP contribution is 2.16. The number of nitrogens with two attached hydrogens (primary N) is 1. The number of amides is 2. The molecular weight excluding hydrogens is 436 g/mol. The molecule has 2 aromatic carbocycles. The molecule has 1 aromatic heterocycles. The summed E-state index contributed by atoms with van der Waals surface area (Å²) in [5.41, 5.74) is 2.18. The summed E-state index contributed by atoms with van der Waals surface area (Å²) in [6.07, 6.45) is 3.18. The van der Waals surface area contributed by atoms with Gasteiger partial charge < -0.3 is 5.32 Å². The first kappa shape index (κ1) is 22.3. The summed E-state index contributed by atoms with van der Waals surface area (Å²) in [5.74, 6) is -0.556. The summed E-state index contributed by atoms with van der Waals surface area (Å²) < 4.78 is 22.5. The Labute approximate surface area is 183 Å². The highest BCUT2D eigenvalue weighted by Gasteiger charge is 2.10. The predicted molar refractivity (Wildman–Crippen MR) is 120 cm³/mol. The monoisotopic (exact) mass is 456 g/mol. The van der Waals surface area contributed by atoms with Crippen LogP contribution in [0.3, 0.4) is 0 Å². The summed E-state index contributed by atoms with van der Waals surface area (Å²) in [5, 5.41) is 12.6. The van der Waals surface area contributed by atoms with E-state index in [-0.39, 0.29) is 29.7 Å². The van der Waals surface area contributed by atoms with Crippen molar-refractivity contribution in [1.82, 2.24) is 10.3 Å². The number of primary sulfonamides is 1. The van der Waals surface area contributed by atoms with Crippen LogP contribution in [0.2, 0.25) is 0 Å². The molecule has 2 amide bonds. The first-order valence-electron chi connectivity index (χ1n) is 9.16. The minimum absolute atomic E-state index is 0.0123. The average Bonchev–Trinajstić information content (AvgIpc) is 3.17. The van der Waals surface area contributed by atoms with Gasteiger partial charge in [0, 0.05) is 18.0 Å². The largest absolute Gasteiger partial charge is 0.352 e. The van der Waals surface area contributed by atoms with Crippen molar-refractivity contribution in [3.8, 4) is 0 Å². The number of carbonyl (C=O) groups is 2. The molecule has 0 aliphatic rings. The van der Waals surface area contributed by atoms with Crippen LogP contribution in [0.1, 0.15) is 16.8 Å². The Balaban J connectivity index is 1.47. The van der Waals surface area contributed by atoms with Crippen molar-refractivity contribution in [2.24, 2.45) is 5.14 Å². The molecule has 8 nitrogen and oxygen atoms in total. The van der Waals surface area contributed by atoms with E-state index in [1.54, 1.807) is 23.6 Å². The Bertz CT molecular complexity index is 1190. The van der Waals surface area contributed by atoms with E-state index >= 15 is 0 Å². The third kappa shape index (κ3) is 7.14. The Hall–Kier alpha value is -3.34. The number of nitrogens with one attached hydrogen (secondary N) is 2. The lowest BCUT2D eigenvalue weighted by atomic mass is 10.2. The zero-order valence-electron chi connectivity index (χ0n) is 16.3. The molecule has 0 aliphatic heterocycles. The molecule has 160 valence electrons. The third-order valence-corrected chi connectivity index (χ3v) is 5.83. The van der Waals surface area contributed by atoms with Gasteiger partial charge in [-0.1, -0.05) is 42.5 Å². The van der Waals surface area contributed by atoms with Crippen molar-refractivity contribution >= 4 is 44.4 Å². The van der Waals surface area contributed by atoms with Crippen molar-refractivity contribution in [3.05, 3.63) is 82.9 Å². The normalized spacial score (nSPS) is 11.4. The molecule has 3 rings (SSSR count). The van der Waals surface area contributed by atoms with Gasteiger partial charge in [0.15, 0.2) is 5.13 Å². The topological polar surface area (TPSA) is 131 Å². The van der Waals surface area contributed by atoms with Gasteiger partial charge >= 0.3 is 0 Å². The van der Waals surface area contributed by atoms with Crippen LogP contribution in [0.25, 0.3) is 6.08 Å². The number of nitrogens with zero attached hydrogens (tertiary/aromatic N) is 1. The second-order valence-electron chi connectivity index (χ2n) is 6.52. The van der Waals surface area contributed by atoms with Crippen LogP contribution in [0.15, 0.2) is 70.9 Å². The molecule has 0 saturated carbocycles. The maximum Gasteiger partial charge on any atom is 0.250 e. The summed E-state index contributed by atoms with van der Waals surface area (Å²) in [6.45, 7) is 0.238. The van der Waals surface area contributed by atoms with Crippen LogP contribution < -0.4 is 15.8 Å². The van der Waals surface area contributed by atoms with Gasteiger partial charge in [-0.3, -0.25) is 14.9 Å². The summed E-state index contributed by atoms with van der Waals surface area (Å²) in [7, 11) is -3.74. The number of sulfonamides is 1. The van der Waals surface area contributed by atoms with E-state index in [1.807, 2.05) is 30.3 Å². The molecule has 0 saturated heterocycles. The van der Waals surface area contributed by atoms with Gasteiger partial charge in [-0.05, 0) is 29.3 Å². The first-order chi connectivity index (χ1) is 14.8. The summed E-state index contributed by atoms with van der Waals surface area (Å²) in [4.78, 5) is 28.4. The predicted octanol–water partition coefficient (Wildman–Crippen LogP) is 2.30. The Morgan fingerprint density at radius 1 is 1.06 bits per heavy atom. The van der Waals surface area contributed by atoms with Gasteiger partial charge in [0.1, 0.15) is 0 Å². The van der Waals surface area contributed by atoms with Crippen molar-refractivity contribution < 1.29 is 18.0 Å². The smallest absolute Gasteiger partial charge is 0.250 e. The molecule has 1 heterocycles. The lowest BCUT2D eigenvalue weighted by Gasteiger charge is -2.05. The van der Waals surface area contributed by atoms with E-state index in [9.17, 15) is 18.0 Å². The minimum Gasteiger partial charge on any atom is -0.352 e. The van der Waals surface area contributed by atoms with Crippen LogP contribution in [0.5, 0.6) is 0 Å². The van der Waals surface area contributed by atoms with Crippen LogP contribution in [-0.4, -0.2) is 25.2 Å². The number of hydrogen-bond donors (Lipinski definition) is 3. The number of benzene rings is 2. The second kappa shape index (κ2) is 10.1. The fourth-order valence-electron chi connectivity index (χ4n) is 2.55. The number of carbonyl (C=O) groups excluding carboxylic acids is 2. The molecule has 0 radical (unpaired) electrons. The van der Waals surface area contributed by atoms with E-state index in [4.69, 9.17) is 5.14 Å². The van der Waals surface area contributed by atoms with E-state index in [1.165, 1.54) is 29.5 Å². The van der Waals surface area contributed by atoms with E-state index in [0.717, 1.165) is 11.1 Å². The van der Waals surface area contributed by atoms with Crippen LogP contribution >= 0.6 is 11.3 Å². The summed E-state index contributed by atoms with van der Waals surface area (Å²) in [6, 6.07) is 15.4. The van der Waals surface area contributed by atoms with Crippen LogP contribution in [0.4, 0.5) is 5.13 Å². The Morgan fingerprint density at radius 3 is 2.45 bits per heavy atom. The van der Waals surface area contributed by atoms with E-state index in [2.05, 4.69) is 15.6 Å². The lowest BCUT2D eigenvalue weighted by Crippen LogP contribution is -2.24. The zero-order valence-corrected chi connectivity index (χ0v) is 17.9. The van der Waals surface area contributed by atoms with Crippen molar-refractivity contribution in [2.75, 3.05) is 5.32 Å². The van der Waals surface area contributed by atoms with Gasteiger partial charge in [0.25, 0.3) is 0 Å². The maximum absolute atomic E-state index is 12.1. The molecular formula is C21H20N4O4S2. The second-order valence-corrected chi connectivity index (χ2v) is 8.94. The van der Waals surface area contributed by atoms with Crippen molar-refractivity contribution in [1.29, 1.82) is 0 Å². The molecule has 0 bridgehead atoms. The SMILES string of the molecule is NS(=O)(=O)c1ccc(CNC(=O)Cc2csc(NC(=O)/C=C/c3ccccc3)n2)cc1. The molecule has 31 heavy (non-hydrogen) atoms. The molecule has 0 aliphatic carbocycles. The number of anilines is 1. The highest BCUT2D eigenvalue weighted by molar-refractivity contribution is 7.89. The molecule has 4 N–H and O–H groups in total.